The number of anilines is 4. The molecule has 1 aliphatic heterocycles. The Balaban J connectivity index is 0.00000387. The Hall–Kier alpha value is -5.71. The molecule has 6 aromatic carbocycles. The van der Waals surface area contributed by atoms with Crippen molar-refractivity contribution < 1.29 is 30.2 Å². The molecule has 0 unspecified atom stereocenters. The summed E-state index contributed by atoms with van der Waals surface area (Å²) < 4.78 is 23.2. The fraction of sp³-hybridized carbons (Fsp3) is 0.0667. The van der Waals surface area contributed by atoms with E-state index in [2.05, 4.69) is 114 Å². The number of benzene rings is 6. The minimum Gasteiger partial charge on any atom is -0.509 e. The number of aryl methyl sites for hydroxylation is 2. The van der Waals surface area contributed by atoms with Crippen LogP contribution in [-0.4, -0.2) is 9.55 Å². The zero-order valence-corrected chi connectivity index (χ0v) is 30.7. The third kappa shape index (κ3) is 6.03. The molecule has 0 spiro atoms. The van der Waals surface area contributed by atoms with Gasteiger partial charge in [0.05, 0.1) is 0 Å². The van der Waals surface area contributed by atoms with E-state index < -0.39 is 0 Å². The molecule has 0 N–H and O–H groups in total. The summed E-state index contributed by atoms with van der Waals surface area (Å²) in [6.07, 6.45) is 2.78. The molecule has 52 heavy (non-hydrogen) atoms. The van der Waals surface area contributed by atoms with Gasteiger partial charge in [-0.05, 0) is 78.4 Å². The first-order valence-corrected chi connectivity index (χ1v) is 17.0. The molecule has 0 radical (unpaired) electrons. The first-order chi connectivity index (χ1) is 25.0. The predicted molar refractivity (Wildman–Crippen MR) is 204 cm³/mol. The number of para-hydroxylation sites is 3. The van der Waals surface area contributed by atoms with Crippen molar-refractivity contribution in [2.45, 2.75) is 20.3 Å². The summed E-state index contributed by atoms with van der Waals surface area (Å²) in [5.41, 5.74) is 9.76. The Labute approximate surface area is 316 Å². The number of aromatic nitrogens is 2. The Kier molecular flexibility index (Phi) is 8.86. The van der Waals surface area contributed by atoms with E-state index in [0.29, 0.717) is 11.5 Å². The van der Waals surface area contributed by atoms with Gasteiger partial charge in [-0.25, -0.2) is 9.37 Å². The smallest absolute Gasteiger partial charge is 0.135 e. The fourth-order valence-electron chi connectivity index (χ4n) is 6.93. The molecule has 0 saturated carbocycles. The Morgan fingerprint density at radius 1 is 0.712 bits per heavy atom. The summed E-state index contributed by atoms with van der Waals surface area (Å²) in [7, 11) is 0. The SMILES string of the molecule is CCc1ccnc(-n2c3[c-]c(Oc4[c-]c(N5[CH-]N(c6cccc(F)c6)c6ccccc65)cc(-c5cccc(C)c5)c4)ccc3c3ccccc32)c1.[Pt]. The molecule has 5 nitrogen and oxygen atoms in total. The normalized spacial score (nSPS) is 12.3. The van der Waals surface area contributed by atoms with E-state index in [1.165, 1.54) is 17.7 Å². The number of ether oxygens (including phenoxy) is 1. The van der Waals surface area contributed by atoms with Gasteiger partial charge in [0.15, 0.2) is 0 Å². The van der Waals surface area contributed by atoms with Gasteiger partial charge in [-0.2, -0.15) is 6.07 Å². The number of rotatable bonds is 7. The van der Waals surface area contributed by atoms with Gasteiger partial charge in [-0.3, -0.25) is 0 Å². The molecule has 9 rings (SSSR count). The maximum absolute atomic E-state index is 14.4. The minimum absolute atomic E-state index is 0. The van der Waals surface area contributed by atoms with Crippen molar-refractivity contribution >= 4 is 44.6 Å². The second kappa shape index (κ2) is 13.8. The molecule has 0 fully saturated rings. The maximum Gasteiger partial charge on any atom is 0.135 e. The largest absolute Gasteiger partial charge is 0.509 e. The molecule has 258 valence electrons. The van der Waals surface area contributed by atoms with Gasteiger partial charge in [-0.15, -0.1) is 53.6 Å². The predicted octanol–water partition coefficient (Wildman–Crippen LogP) is 11.7. The van der Waals surface area contributed by atoms with Gasteiger partial charge in [0, 0.05) is 61.3 Å². The van der Waals surface area contributed by atoms with E-state index in [1.807, 2.05) is 54.2 Å². The Morgan fingerprint density at radius 3 is 2.35 bits per heavy atom. The molecule has 0 aliphatic carbocycles. The van der Waals surface area contributed by atoms with Gasteiger partial charge in [-0.1, -0.05) is 78.7 Å². The quantitative estimate of drug-likeness (QED) is 0.150. The summed E-state index contributed by atoms with van der Waals surface area (Å²) in [6.45, 7) is 6.21. The van der Waals surface area contributed by atoms with Crippen LogP contribution in [0.3, 0.4) is 0 Å². The van der Waals surface area contributed by atoms with Crippen molar-refractivity contribution in [3.05, 3.63) is 175 Å². The van der Waals surface area contributed by atoms with E-state index in [9.17, 15) is 4.39 Å². The van der Waals surface area contributed by atoms with E-state index in [-0.39, 0.29) is 26.9 Å². The standard InChI is InChI=1S/C45H32FN4O.Pt/c1-3-31-20-21-47-45(23-31)50-41-15-5-4-14-39(41)40-19-18-37(28-44(40)50)51-38-25-33(32-11-8-10-30(2)22-32)24-36(27-38)49-29-48(35-13-9-12-34(46)26-35)42-16-6-7-17-43(42)49;/h4-26,29H,3H2,1-2H3;/q-3;. The van der Waals surface area contributed by atoms with Crippen molar-refractivity contribution in [3.63, 3.8) is 0 Å². The van der Waals surface area contributed by atoms with Crippen LogP contribution in [0, 0.1) is 31.5 Å². The Morgan fingerprint density at radius 2 is 1.52 bits per heavy atom. The molecule has 0 atom stereocenters. The molecule has 0 bridgehead atoms. The van der Waals surface area contributed by atoms with Crippen molar-refractivity contribution in [1.29, 1.82) is 0 Å². The summed E-state index contributed by atoms with van der Waals surface area (Å²) in [5.74, 6) is 1.66. The Bertz CT molecular complexity index is 2600. The van der Waals surface area contributed by atoms with E-state index in [4.69, 9.17) is 9.72 Å². The molecule has 0 amide bonds. The van der Waals surface area contributed by atoms with Crippen LogP contribution in [0.5, 0.6) is 11.5 Å². The van der Waals surface area contributed by atoms with Crippen molar-refractivity contribution in [2.24, 2.45) is 0 Å². The first kappa shape index (κ1) is 33.4. The molecule has 3 heterocycles. The van der Waals surface area contributed by atoms with Crippen molar-refractivity contribution in [2.75, 3.05) is 9.80 Å². The average Bonchev–Trinajstić information content (AvgIpc) is 3.71. The molecular formula is C45H32FN4OPt-3. The van der Waals surface area contributed by atoms with Crippen LogP contribution >= 0.6 is 0 Å². The fourth-order valence-corrected chi connectivity index (χ4v) is 6.93. The molecule has 7 heteroatoms. The van der Waals surface area contributed by atoms with Gasteiger partial charge < -0.3 is 19.1 Å². The number of nitrogens with zero attached hydrogens (tertiary/aromatic N) is 4. The number of halogens is 1. The third-order valence-corrected chi connectivity index (χ3v) is 9.38. The van der Waals surface area contributed by atoms with Crippen LogP contribution in [0.4, 0.5) is 27.1 Å². The zero-order chi connectivity index (χ0) is 34.5. The van der Waals surface area contributed by atoms with Crippen LogP contribution in [0.25, 0.3) is 38.8 Å². The minimum atomic E-state index is -0.290. The molecular weight excluding hydrogens is 827 g/mol. The zero-order valence-electron chi connectivity index (χ0n) is 28.5. The van der Waals surface area contributed by atoms with Crippen LogP contribution in [0.2, 0.25) is 0 Å². The summed E-state index contributed by atoms with van der Waals surface area (Å²) in [4.78, 5) is 8.83. The monoisotopic (exact) mass is 858 g/mol. The summed E-state index contributed by atoms with van der Waals surface area (Å²) >= 11 is 0. The number of pyridine rings is 1. The van der Waals surface area contributed by atoms with Crippen molar-refractivity contribution in [3.8, 4) is 28.4 Å². The average molecular weight is 859 g/mol. The number of hydrogen-bond donors (Lipinski definition) is 0. The van der Waals surface area contributed by atoms with E-state index >= 15 is 0 Å². The van der Waals surface area contributed by atoms with E-state index in [0.717, 1.165) is 73.5 Å². The second-order valence-electron chi connectivity index (χ2n) is 12.7. The van der Waals surface area contributed by atoms with Gasteiger partial charge in [0.1, 0.15) is 11.6 Å². The van der Waals surface area contributed by atoms with Gasteiger partial charge in [0.25, 0.3) is 0 Å². The van der Waals surface area contributed by atoms with Crippen LogP contribution in [-0.2, 0) is 27.5 Å². The van der Waals surface area contributed by atoms with Crippen LogP contribution in [0.1, 0.15) is 18.1 Å². The second-order valence-corrected chi connectivity index (χ2v) is 12.7. The number of fused-ring (bicyclic) bond motifs is 4. The summed E-state index contributed by atoms with van der Waals surface area (Å²) in [5, 5.41) is 2.20. The van der Waals surface area contributed by atoms with Crippen molar-refractivity contribution in [1.82, 2.24) is 9.55 Å². The molecule has 2 aromatic heterocycles. The molecule has 8 aromatic rings. The number of hydrogen-bond acceptors (Lipinski definition) is 4. The third-order valence-electron chi connectivity index (χ3n) is 9.38. The summed E-state index contributed by atoms with van der Waals surface area (Å²) in [6, 6.07) is 51.0. The topological polar surface area (TPSA) is 33.5 Å². The van der Waals surface area contributed by atoms with E-state index in [1.54, 1.807) is 6.07 Å². The van der Waals surface area contributed by atoms with Crippen LogP contribution in [0.15, 0.2) is 140 Å². The van der Waals surface area contributed by atoms with Crippen LogP contribution < -0.4 is 14.5 Å². The molecule has 0 saturated heterocycles. The maximum atomic E-state index is 14.4. The molecule has 1 aliphatic rings. The van der Waals surface area contributed by atoms with Gasteiger partial charge >= 0.3 is 0 Å². The first-order valence-electron chi connectivity index (χ1n) is 17.0. The van der Waals surface area contributed by atoms with Gasteiger partial charge in [0.2, 0.25) is 0 Å².